The lowest BCUT2D eigenvalue weighted by Gasteiger charge is -2.38. The van der Waals surface area contributed by atoms with Gasteiger partial charge < -0.3 is 11.1 Å². The number of hydrogen-bond donors (Lipinski definition) is 3. The van der Waals surface area contributed by atoms with E-state index in [2.05, 4.69) is 27.4 Å². The molecule has 0 aliphatic heterocycles. The van der Waals surface area contributed by atoms with Gasteiger partial charge in [-0.1, -0.05) is 0 Å². The van der Waals surface area contributed by atoms with Crippen molar-refractivity contribution in [3.8, 4) is 0 Å². The summed E-state index contributed by atoms with van der Waals surface area (Å²) >= 11 is 0. The quantitative estimate of drug-likeness (QED) is 0.607. The van der Waals surface area contributed by atoms with Crippen LogP contribution in [-0.2, 0) is 0 Å². The van der Waals surface area contributed by atoms with E-state index in [1.54, 1.807) is 0 Å². The van der Waals surface area contributed by atoms with Crippen molar-refractivity contribution in [1.82, 2.24) is 15.2 Å². The van der Waals surface area contributed by atoms with E-state index in [9.17, 15) is 0 Å². The van der Waals surface area contributed by atoms with E-state index in [0.717, 1.165) is 0 Å². The molecule has 5 nitrogen and oxygen atoms in total. The monoisotopic (exact) mass is 167 g/mol. The van der Waals surface area contributed by atoms with Crippen molar-refractivity contribution in [3.05, 3.63) is 0 Å². The SMILES string of the molecule is CC1(Nc2n[nH]c(N)n2)CCC1. The molecule has 1 aliphatic rings. The summed E-state index contributed by atoms with van der Waals surface area (Å²) in [7, 11) is 0. The minimum atomic E-state index is 0.189. The highest BCUT2D eigenvalue weighted by Gasteiger charge is 2.32. The molecule has 0 unspecified atom stereocenters. The Morgan fingerprint density at radius 1 is 1.58 bits per heavy atom. The first-order valence-corrected chi connectivity index (χ1v) is 4.14. The molecule has 66 valence electrons. The summed E-state index contributed by atoms with van der Waals surface area (Å²) in [4.78, 5) is 3.98. The van der Waals surface area contributed by atoms with E-state index in [0.29, 0.717) is 11.9 Å². The molecule has 12 heavy (non-hydrogen) atoms. The molecule has 0 atom stereocenters. The van der Waals surface area contributed by atoms with Crippen molar-refractivity contribution < 1.29 is 0 Å². The molecule has 0 aromatic carbocycles. The number of rotatable bonds is 2. The molecule has 4 N–H and O–H groups in total. The Balaban J connectivity index is 2.03. The number of aromatic amines is 1. The standard InChI is InChI=1S/C7H13N5/c1-7(3-2-4-7)10-6-9-5(8)11-12-6/h2-4H2,1H3,(H4,8,9,10,11,12). The van der Waals surface area contributed by atoms with Gasteiger partial charge in [0.1, 0.15) is 0 Å². The lowest BCUT2D eigenvalue weighted by Crippen LogP contribution is -2.41. The number of aromatic nitrogens is 3. The first-order valence-electron chi connectivity index (χ1n) is 4.14. The number of hydrogen-bond acceptors (Lipinski definition) is 4. The van der Waals surface area contributed by atoms with Crippen molar-refractivity contribution >= 4 is 11.9 Å². The molecule has 0 bridgehead atoms. The lowest BCUT2D eigenvalue weighted by molar-refractivity contribution is 0.305. The molecule has 0 radical (unpaired) electrons. The molecule has 1 fully saturated rings. The molecule has 1 saturated carbocycles. The third kappa shape index (κ3) is 1.22. The molecule has 0 spiro atoms. The van der Waals surface area contributed by atoms with Crippen molar-refractivity contribution in [2.45, 2.75) is 31.7 Å². The number of nitrogens with one attached hydrogen (secondary N) is 2. The molecule has 0 saturated heterocycles. The van der Waals surface area contributed by atoms with Crippen molar-refractivity contribution in [3.63, 3.8) is 0 Å². The Hall–Kier alpha value is -1.26. The predicted molar refractivity (Wildman–Crippen MR) is 46.7 cm³/mol. The molecule has 1 heterocycles. The summed E-state index contributed by atoms with van der Waals surface area (Å²) in [6, 6.07) is 0. The van der Waals surface area contributed by atoms with Crippen LogP contribution >= 0.6 is 0 Å². The van der Waals surface area contributed by atoms with Crippen LogP contribution in [0.4, 0.5) is 11.9 Å². The van der Waals surface area contributed by atoms with Crippen molar-refractivity contribution in [1.29, 1.82) is 0 Å². The second-order valence-corrected chi connectivity index (χ2v) is 3.58. The Labute approximate surface area is 70.8 Å². The zero-order valence-electron chi connectivity index (χ0n) is 7.09. The summed E-state index contributed by atoms with van der Waals surface area (Å²) in [6.45, 7) is 2.17. The minimum absolute atomic E-state index is 0.189. The fraction of sp³-hybridized carbons (Fsp3) is 0.714. The Kier molecular flexibility index (Phi) is 1.46. The largest absolute Gasteiger partial charge is 0.368 e. The van der Waals surface area contributed by atoms with Gasteiger partial charge in [-0.3, -0.25) is 0 Å². The minimum Gasteiger partial charge on any atom is -0.368 e. The van der Waals surface area contributed by atoms with Gasteiger partial charge >= 0.3 is 0 Å². The van der Waals surface area contributed by atoms with Crippen molar-refractivity contribution in [2.24, 2.45) is 0 Å². The molecule has 2 rings (SSSR count). The van der Waals surface area contributed by atoms with E-state index >= 15 is 0 Å². The Morgan fingerprint density at radius 3 is 2.75 bits per heavy atom. The van der Waals surface area contributed by atoms with Crippen LogP contribution in [0.1, 0.15) is 26.2 Å². The molecule has 1 aromatic rings. The maximum absolute atomic E-state index is 5.39. The topological polar surface area (TPSA) is 79.6 Å². The number of nitrogen functional groups attached to an aromatic ring is 1. The summed E-state index contributed by atoms with van der Waals surface area (Å²) in [5.74, 6) is 0.968. The van der Waals surface area contributed by atoms with Gasteiger partial charge in [0.25, 0.3) is 0 Å². The number of anilines is 2. The highest BCUT2D eigenvalue weighted by atomic mass is 15.3. The smallest absolute Gasteiger partial charge is 0.244 e. The predicted octanol–water partition coefficient (Wildman–Crippen LogP) is 0.741. The third-order valence-electron chi connectivity index (χ3n) is 2.37. The number of nitrogens with zero attached hydrogens (tertiary/aromatic N) is 2. The number of H-pyrrole nitrogens is 1. The average Bonchev–Trinajstić information content (AvgIpc) is 2.32. The maximum Gasteiger partial charge on any atom is 0.244 e. The van der Waals surface area contributed by atoms with E-state index < -0.39 is 0 Å². The number of nitrogens with two attached hydrogens (primary N) is 1. The first-order chi connectivity index (χ1) is 5.68. The highest BCUT2D eigenvalue weighted by Crippen LogP contribution is 2.33. The zero-order valence-corrected chi connectivity index (χ0v) is 7.09. The first kappa shape index (κ1) is 7.39. The fourth-order valence-corrected chi connectivity index (χ4v) is 1.43. The molecule has 5 heteroatoms. The van der Waals surface area contributed by atoms with Crippen LogP contribution < -0.4 is 11.1 Å². The van der Waals surface area contributed by atoms with Crippen LogP contribution in [-0.4, -0.2) is 20.7 Å². The molecular formula is C7H13N5. The lowest BCUT2D eigenvalue weighted by atomic mass is 9.79. The van der Waals surface area contributed by atoms with Crippen LogP contribution in [0.15, 0.2) is 0 Å². The van der Waals surface area contributed by atoms with Crippen LogP contribution in [0.3, 0.4) is 0 Å². The summed E-state index contributed by atoms with van der Waals surface area (Å²) < 4.78 is 0. The van der Waals surface area contributed by atoms with Gasteiger partial charge in [-0.05, 0) is 26.2 Å². The van der Waals surface area contributed by atoms with Gasteiger partial charge in [-0.15, -0.1) is 5.10 Å². The second-order valence-electron chi connectivity index (χ2n) is 3.58. The van der Waals surface area contributed by atoms with Gasteiger partial charge in [0.15, 0.2) is 0 Å². The van der Waals surface area contributed by atoms with Gasteiger partial charge in [0.2, 0.25) is 11.9 Å². The van der Waals surface area contributed by atoms with Gasteiger partial charge in [0.05, 0.1) is 0 Å². The van der Waals surface area contributed by atoms with E-state index in [1.165, 1.54) is 19.3 Å². The third-order valence-corrected chi connectivity index (χ3v) is 2.37. The van der Waals surface area contributed by atoms with Crippen LogP contribution in [0.25, 0.3) is 0 Å². The molecule has 1 aliphatic carbocycles. The van der Waals surface area contributed by atoms with Crippen LogP contribution in [0.2, 0.25) is 0 Å². The van der Waals surface area contributed by atoms with Gasteiger partial charge in [-0.2, -0.15) is 4.98 Å². The normalized spacial score (nSPS) is 20.1. The maximum atomic E-state index is 5.39. The van der Waals surface area contributed by atoms with E-state index in [-0.39, 0.29) is 5.54 Å². The Morgan fingerprint density at radius 2 is 2.33 bits per heavy atom. The van der Waals surface area contributed by atoms with E-state index in [4.69, 9.17) is 5.73 Å². The molecular weight excluding hydrogens is 154 g/mol. The second kappa shape index (κ2) is 2.36. The van der Waals surface area contributed by atoms with E-state index in [1.807, 2.05) is 0 Å². The fourth-order valence-electron chi connectivity index (χ4n) is 1.43. The Bertz CT molecular complexity index is 275. The van der Waals surface area contributed by atoms with Gasteiger partial charge in [-0.25, -0.2) is 5.10 Å². The average molecular weight is 167 g/mol. The highest BCUT2D eigenvalue weighted by molar-refractivity contribution is 5.33. The van der Waals surface area contributed by atoms with Crippen molar-refractivity contribution in [2.75, 3.05) is 11.1 Å². The molecule has 0 amide bonds. The summed E-state index contributed by atoms with van der Waals surface area (Å²) in [5, 5.41) is 9.75. The van der Waals surface area contributed by atoms with Crippen LogP contribution in [0, 0.1) is 0 Å². The zero-order chi connectivity index (χ0) is 8.60. The van der Waals surface area contributed by atoms with Crippen LogP contribution in [0.5, 0.6) is 0 Å². The molecule has 1 aromatic heterocycles. The van der Waals surface area contributed by atoms with Gasteiger partial charge in [0, 0.05) is 5.54 Å². The summed E-state index contributed by atoms with van der Waals surface area (Å²) in [5.41, 5.74) is 5.58. The summed E-state index contributed by atoms with van der Waals surface area (Å²) in [6.07, 6.45) is 3.65.